The molecular weight excluding hydrogens is 461 g/mol. The smallest absolute Gasteiger partial charge is 0.328 e. The number of benzene rings is 2. The van der Waals surface area contributed by atoms with Crippen LogP contribution in [0.5, 0.6) is 0 Å². The Kier molecular flexibility index (Phi) is 5.97. The lowest BCUT2D eigenvalue weighted by atomic mass is 9.93. The van der Waals surface area contributed by atoms with Gasteiger partial charge in [0.2, 0.25) is 0 Å². The fourth-order valence-corrected chi connectivity index (χ4v) is 4.60. The number of carbonyl (C=O) groups is 2. The van der Waals surface area contributed by atoms with Crippen LogP contribution in [0.15, 0.2) is 60.7 Å². The van der Waals surface area contributed by atoms with Gasteiger partial charge in [-0.05, 0) is 48.2 Å². The van der Waals surface area contributed by atoms with Crippen LogP contribution in [0.3, 0.4) is 0 Å². The molecule has 0 bridgehead atoms. The fraction of sp³-hybridized carbons (Fsp3) is 0.185. The van der Waals surface area contributed by atoms with Crippen molar-refractivity contribution >= 4 is 29.4 Å². The van der Waals surface area contributed by atoms with Crippen LogP contribution in [0.4, 0.5) is 10.2 Å². The zero-order valence-electron chi connectivity index (χ0n) is 19.8. The lowest BCUT2D eigenvalue weighted by Gasteiger charge is -2.35. The second-order valence-corrected chi connectivity index (χ2v) is 8.61. The van der Waals surface area contributed by atoms with E-state index in [1.165, 1.54) is 28.3 Å². The van der Waals surface area contributed by atoms with Crippen molar-refractivity contribution in [3.8, 4) is 11.3 Å². The standard InChI is InChI=1S/C27H24FN5O3/c1-16-19-6-4-3-5-18(19)11-12-32(16)27(36)23-15-24(29-2)33-25(30-23)14-22(31-33)20-9-7-17(13-21(20)28)8-10-26(34)35/h3-10,13-16,29H,11-12H2,1-2H3,(H,34,35)/b10-8+. The van der Waals surface area contributed by atoms with Gasteiger partial charge in [0.05, 0.1) is 11.7 Å². The van der Waals surface area contributed by atoms with Crippen molar-refractivity contribution in [3.05, 3.63) is 88.9 Å². The average molecular weight is 486 g/mol. The topological polar surface area (TPSA) is 99.8 Å². The number of anilines is 1. The van der Waals surface area contributed by atoms with Gasteiger partial charge >= 0.3 is 5.97 Å². The number of hydrogen-bond donors (Lipinski definition) is 2. The minimum Gasteiger partial charge on any atom is -0.478 e. The van der Waals surface area contributed by atoms with Crippen LogP contribution in [-0.2, 0) is 11.2 Å². The number of hydrogen-bond acceptors (Lipinski definition) is 5. The minimum atomic E-state index is -1.11. The van der Waals surface area contributed by atoms with Gasteiger partial charge < -0.3 is 15.3 Å². The number of carboxylic acids is 1. The van der Waals surface area contributed by atoms with Gasteiger partial charge in [0.15, 0.2) is 5.65 Å². The molecule has 1 aliphatic heterocycles. The van der Waals surface area contributed by atoms with Crippen molar-refractivity contribution < 1.29 is 19.1 Å². The van der Waals surface area contributed by atoms with Gasteiger partial charge in [-0.3, -0.25) is 4.79 Å². The molecule has 0 radical (unpaired) electrons. The van der Waals surface area contributed by atoms with Gasteiger partial charge in [-0.2, -0.15) is 9.61 Å². The van der Waals surface area contributed by atoms with Crippen molar-refractivity contribution in [2.45, 2.75) is 19.4 Å². The van der Waals surface area contributed by atoms with Crippen LogP contribution in [0.2, 0.25) is 0 Å². The Morgan fingerprint density at radius 3 is 2.72 bits per heavy atom. The lowest BCUT2D eigenvalue weighted by Crippen LogP contribution is -2.39. The summed E-state index contributed by atoms with van der Waals surface area (Å²) in [6, 6.07) is 15.7. The van der Waals surface area contributed by atoms with E-state index < -0.39 is 11.8 Å². The second kappa shape index (κ2) is 9.26. The molecule has 0 saturated carbocycles. The highest BCUT2D eigenvalue weighted by molar-refractivity contribution is 5.94. The monoisotopic (exact) mass is 485 g/mol. The Hall–Kier alpha value is -4.53. The van der Waals surface area contributed by atoms with Gasteiger partial charge in [-0.1, -0.05) is 30.3 Å². The van der Waals surface area contributed by atoms with Gasteiger partial charge in [0.1, 0.15) is 17.3 Å². The van der Waals surface area contributed by atoms with Crippen LogP contribution < -0.4 is 5.32 Å². The quantitative estimate of drug-likeness (QED) is 0.406. The summed E-state index contributed by atoms with van der Waals surface area (Å²) in [7, 11) is 1.72. The first-order chi connectivity index (χ1) is 17.4. The Balaban J connectivity index is 1.49. The second-order valence-electron chi connectivity index (χ2n) is 8.61. The van der Waals surface area contributed by atoms with Crippen molar-refractivity contribution in [1.29, 1.82) is 0 Å². The molecule has 36 heavy (non-hydrogen) atoms. The van der Waals surface area contributed by atoms with Crippen LogP contribution in [0.1, 0.15) is 40.1 Å². The summed E-state index contributed by atoms with van der Waals surface area (Å²) in [6.45, 7) is 2.61. The molecular formula is C27H24FN5O3. The Morgan fingerprint density at radius 1 is 1.17 bits per heavy atom. The normalized spacial score (nSPS) is 15.3. The highest BCUT2D eigenvalue weighted by Gasteiger charge is 2.29. The van der Waals surface area contributed by atoms with Gasteiger partial charge in [-0.15, -0.1) is 0 Å². The number of halogens is 1. The molecule has 0 saturated heterocycles. The maximum Gasteiger partial charge on any atom is 0.328 e. The third kappa shape index (κ3) is 4.19. The molecule has 2 aromatic heterocycles. The average Bonchev–Trinajstić information content (AvgIpc) is 3.31. The highest BCUT2D eigenvalue weighted by atomic mass is 19.1. The zero-order chi connectivity index (χ0) is 25.4. The summed E-state index contributed by atoms with van der Waals surface area (Å²) in [5, 5.41) is 16.3. The molecule has 0 spiro atoms. The molecule has 1 atom stereocenters. The van der Waals surface area contributed by atoms with E-state index in [0.717, 1.165) is 18.1 Å². The molecule has 9 heteroatoms. The van der Waals surface area contributed by atoms with E-state index in [0.29, 0.717) is 29.3 Å². The molecule has 3 heterocycles. The zero-order valence-corrected chi connectivity index (χ0v) is 19.8. The number of carboxylic acid groups (broad SMARTS) is 1. The molecule has 0 fully saturated rings. The molecule has 8 nitrogen and oxygen atoms in total. The van der Waals surface area contributed by atoms with Crippen LogP contribution >= 0.6 is 0 Å². The third-order valence-electron chi connectivity index (χ3n) is 6.45. The molecule has 2 aromatic carbocycles. The first-order valence-electron chi connectivity index (χ1n) is 11.5. The van der Waals surface area contributed by atoms with E-state index in [4.69, 9.17) is 5.11 Å². The molecule has 4 aromatic rings. The van der Waals surface area contributed by atoms with Gasteiger partial charge in [0.25, 0.3) is 5.91 Å². The number of amides is 1. The van der Waals surface area contributed by atoms with Crippen LogP contribution in [-0.4, -0.2) is 50.1 Å². The maximum absolute atomic E-state index is 14.9. The summed E-state index contributed by atoms with van der Waals surface area (Å²) in [5.41, 5.74) is 4.07. The molecule has 1 aliphatic rings. The summed E-state index contributed by atoms with van der Waals surface area (Å²) < 4.78 is 16.4. The SMILES string of the molecule is CNc1cc(C(=O)N2CCc3ccccc3C2C)nc2cc(-c3ccc(/C=C/C(=O)O)cc3F)nn12. The molecule has 1 unspecified atom stereocenters. The fourth-order valence-electron chi connectivity index (χ4n) is 4.60. The van der Waals surface area contributed by atoms with Crippen molar-refractivity contribution in [2.24, 2.45) is 0 Å². The van der Waals surface area contributed by atoms with E-state index in [-0.39, 0.29) is 23.2 Å². The number of fused-ring (bicyclic) bond motifs is 2. The lowest BCUT2D eigenvalue weighted by molar-refractivity contribution is -0.131. The maximum atomic E-state index is 14.9. The Morgan fingerprint density at radius 2 is 1.97 bits per heavy atom. The number of rotatable bonds is 5. The highest BCUT2D eigenvalue weighted by Crippen LogP contribution is 2.31. The number of nitrogens with zero attached hydrogens (tertiary/aromatic N) is 4. The summed E-state index contributed by atoms with van der Waals surface area (Å²) in [5.74, 6) is -1.30. The molecule has 2 N–H and O–H groups in total. The molecule has 1 amide bonds. The van der Waals surface area contributed by atoms with Gasteiger partial charge in [0, 0.05) is 37.4 Å². The Bertz CT molecular complexity index is 1530. The predicted octanol–water partition coefficient (Wildman–Crippen LogP) is 4.43. The Labute approximate surface area is 206 Å². The van der Waals surface area contributed by atoms with E-state index in [9.17, 15) is 14.0 Å². The van der Waals surface area contributed by atoms with E-state index >= 15 is 0 Å². The summed E-state index contributed by atoms with van der Waals surface area (Å²) in [4.78, 5) is 30.6. The summed E-state index contributed by atoms with van der Waals surface area (Å²) in [6.07, 6.45) is 3.04. The third-order valence-corrected chi connectivity index (χ3v) is 6.45. The van der Waals surface area contributed by atoms with Crippen LogP contribution in [0, 0.1) is 5.82 Å². The van der Waals surface area contributed by atoms with Gasteiger partial charge in [-0.25, -0.2) is 14.2 Å². The molecule has 0 aliphatic carbocycles. The number of aliphatic carboxylic acids is 1. The number of carbonyl (C=O) groups excluding carboxylic acids is 1. The van der Waals surface area contributed by atoms with Crippen molar-refractivity contribution in [1.82, 2.24) is 19.5 Å². The van der Waals surface area contributed by atoms with E-state index in [1.807, 2.05) is 24.0 Å². The molecule has 5 rings (SSSR count). The van der Waals surface area contributed by atoms with E-state index in [1.54, 1.807) is 25.2 Å². The van der Waals surface area contributed by atoms with E-state index in [2.05, 4.69) is 27.5 Å². The van der Waals surface area contributed by atoms with Crippen molar-refractivity contribution in [2.75, 3.05) is 18.9 Å². The summed E-state index contributed by atoms with van der Waals surface area (Å²) >= 11 is 0. The first-order valence-corrected chi connectivity index (χ1v) is 11.5. The number of aromatic nitrogens is 3. The minimum absolute atomic E-state index is 0.0817. The first kappa shape index (κ1) is 23.2. The molecule has 182 valence electrons. The van der Waals surface area contributed by atoms with Crippen LogP contribution in [0.25, 0.3) is 23.0 Å². The largest absolute Gasteiger partial charge is 0.478 e. The number of nitrogens with one attached hydrogen (secondary N) is 1. The van der Waals surface area contributed by atoms with Crippen molar-refractivity contribution in [3.63, 3.8) is 0 Å². The predicted molar refractivity (Wildman–Crippen MR) is 134 cm³/mol.